The highest BCUT2D eigenvalue weighted by atomic mass is 16.5. The van der Waals surface area contributed by atoms with E-state index in [9.17, 15) is 4.79 Å². The minimum atomic E-state index is -0.270. The minimum Gasteiger partial charge on any atom is -0.461 e. The van der Waals surface area contributed by atoms with Crippen LogP contribution in [0.4, 0.5) is 0 Å². The molecule has 0 amide bonds. The molecule has 16 heavy (non-hydrogen) atoms. The number of aliphatic imine (C=N–C) groups is 1. The van der Waals surface area contributed by atoms with E-state index in [-0.39, 0.29) is 5.97 Å². The molecular formula is C13H19NO2. The highest BCUT2D eigenvalue weighted by Crippen LogP contribution is 2.29. The van der Waals surface area contributed by atoms with Gasteiger partial charge in [0, 0.05) is 12.1 Å². The molecule has 0 aromatic rings. The molecule has 0 saturated heterocycles. The molecule has 0 aromatic carbocycles. The van der Waals surface area contributed by atoms with Gasteiger partial charge in [-0.25, -0.2) is 9.79 Å². The Morgan fingerprint density at radius 2 is 2.19 bits per heavy atom. The quantitative estimate of drug-likeness (QED) is 0.687. The number of rotatable bonds is 3. The third-order valence-electron chi connectivity index (χ3n) is 3.33. The molecule has 1 aliphatic carbocycles. The summed E-state index contributed by atoms with van der Waals surface area (Å²) in [4.78, 5) is 15.9. The number of nitrogens with zero attached hydrogens (tertiary/aromatic N) is 1. The lowest BCUT2D eigenvalue weighted by Crippen LogP contribution is -2.16. The first kappa shape index (κ1) is 11.4. The third-order valence-corrected chi connectivity index (χ3v) is 3.33. The van der Waals surface area contributed by atoms with Crippen LogP contribution in [0.25, 0.3) is 0 Å². The van der Waals surface area contributed by atoms with Crippen LogP contribution in [0, 0.1) is 5.92 Å². The largest absolute Gasteiger partial charge is 0.461 e. The molecule has 0 radical (unpaired) electrons. The molecule has 0 bridgehead atoms. The van der Waals surface area contributed by atoms with E-state index in [0.29, 0.717) is 18.2 Å². The molecule has 0 spiro atoms. The molecule has 1 heterocycles. The number of carbonyl (C=O) groups excluding carboxylic acids is 1. The lowest BCUT2D eigenvalue weighted by Gasteiger charge is -2.21. The van der Waals surface area contributed by atoms with E-state index in [4.69, 9.17) is 4.74 Å². The van der Waals surface area contributed by atoms with Crippen molar-refractivity contribution >= 4 is 11.7 Å². The highest BCUT2D eigenvalue weighted by Gasteiger charge is 2.24. The van der Waals surface area contributed by atoms with Gasteiger partial charge in [-0.15, -0.1) is 0 Å². The Hall–Kier alpha value is -1.12. The topological polar surface area (TPSA) is 38.7 Å². The van der Waals surface area contributed by atoms with E-state index >= 15 is 0 Å². The molecule has 0 N–H and O–H groups in total. The first-order valence-corrected chi connectivity index (χ1v) is 6.26. The van der Waals surface area contributed by atoms with Gasteiger partial charge in [0.15, 0.2) is 0 Å². The van der Waals surface area contributed by atoms with Gasteiger partial charge in [-0.05, 0) is 31.8 Å². The Labute approximate surface area is 96.6 Å². The Morgan fingerprint density at radius 3 is 2.88 bits per heavy atom. The fourth-order valence-electron chi connectivity index (χ4n) is 2.48. The van der Waals surface area contributed by atoms with Crippen LogP contribution in [0.15, 0.2) is 16.8 Å². The molecule has 1 aliphatic heterocycles. The maximum atomic E-state index is 11.5. The van der Waals surface area contributed by atoms with E-state index in [2.05, 4.69) is 4.99 Å². The van der Waals surface area contributed by atoms with Gasteiger partial charge >= 0.3 is 5.97 Å². The molecule has 1 fully saturated rings. The zero-order chi connectivity index (χ0) is 11.4. The van der Waals surface area contributed by atoms with E-state index in [1.54, 1.807) is 0 Å². The van der Waals surface area contributed by atoms with Crippen molar-refractivity contribution in [3.63, 3.8) is 0 Å². The van der Waals surface area contributed by atoms with Crippen LogP contribution in [-0.2, 0) is 9.53 Å². The van der Waals surface area contributed by atoms with E-state index in [1.165, 1.54) is 37.8 Å². The van der Waals surface area contributed by atoms with Crippen molar-refractivity contribution in [2.24, 2.45) is 10.9 Å². The summed E-state index contributed by atoms with van der Waals surface area (Å²) in [5, 5.41) is 0. The van der Waals surface area contributed by atoms with Crippen molar-refractivity contribution in [1.29, 1.82) is 0 Å². The average molecular weight is 221 g/mol. The summed E-state index contributed by atoms with van der Waals surface area (Å²) in [5.74, 6) is 0.338. The predicted octanol–water partition coefficient (Wildman–Crippen LogP) is 2.86. The summed E-state index contributed by atoms with van der Waals surface area (Å²) >= 11 is 0. The number of allylic oxidation sites excluding steroid dienone is 1. The van der Waals surface area contributed by atoms with Crippen molar-refractivity contribution in [3.05, 3.63) is 11.8 Å². The Kier molecular flexibility index (Phi) is 3.75. The summed E-state index contributed by atoms with van der Waals surface area (Å²) in [6, 6.07) is 0. The van der Waals surface area contributed by atoms with Crippen LogP contribution in [0.5, 0.6) is 0 Å². The van der Waals surface area contributed by atoms with Crippen LogP contribution in [0.3, 0.4) is 0 Å². The molecule has 2 aliphatic rings. The van der Waals surface area contributed by atoms with Crippen molar-refractivity contribution in [3.8, 4) is 0 Å². The van der Waals surface area contributed by atoms with Gasteiger partial charge < -0.3 is 4.74 Å². The molecule has 3 heteroatoms. The minimum absolute atomic E-state index is 0.270. The van der Waals surface area contributed by atoms with E-state index in [1.807, 2.05) is 13.0 Å². The molecule has 88 valence electrons. The lowest BCUT2D eigenvalue weighted by atomic mass is 9.85. The predicted molar refractivity (Wildman–Crippen MR) is 63.3 cm³/mol. The van der Waals surface area contributed by atoms with Crippen LogP contribution in [0.1, 0.15) is 45.4 Å². The second kappa shape index (κ2) is 5.28. The van der Waals surface area contributed by atoms with Crippen LogP contribution in [0.2, 0.25) is 0 Å². The first-order valence-electron chi connectivity index (χ1n) is 6.26. The molecule has 3 nitrogen and oxygen atoms in total. The SMILES string of the molecule is CCOC(=O)C1=CCC(C2CCCCC2)=N1. The van der Waals surface area contributed by atoms with Gasteiger partial charge in [0.2, 0.25) is 0 Å². The smallest absolute Gasteiger partial charge is 0.356 e. The monoisotopic (exact) mass is 221 g/mol. The standard InChI is InChI=1S/C13H19NO2/c1-2-16-13(15)12-9-8-11(14-12)10-6-4-3-5-7-10/h9-10H,2-8H2,1H3. The lowest BCUT2D eigenvalue weighted by molar-refractivity contribution is -0.138. The molecule has 0 atom stereocenters. The fourth-order valence-corrected chi connectivity index (χ4v) is 2.48. The maximum absolute atomic E-state index is 11.5. The third kappa shape index (κ3) is 2.52. The van der Waals surface area contributed by atoms with Gasteiger partial charge in [-0.2, -0.15) is 0 Å². The zero-order valence-corrected chi connectivity index (χ0v) is 9.87. The summed E-state index contributed by atoms with van der Waals surface area (Å²) in [7, 11) is 0. The average Bonchev–Trinajstić information content (AvgIpc) is 2.80. The van der Waals surface area contributed by atoms with Gasteiger partial charge in [0.05, 0.1) is 6.61 Å². The van der Waals surface area contributed by atoms with Crippen molar-refractivity contribution in [1.82, 2.24) is 0 Å². The van der Waals surface area contributed by atoms with Gasteiger partial charge in [-0.1, -0.05) is 19.3 Å². The molecule has 2 rings (SSSR count). The van der Waals surface area contributed by atoms with Gasteiger partial charge in [0.1, 0.15) is 5.70 Å². The fraction of sp³-hybridized carbons (Fsp3) is 0.692. The van der Waals surface area contributed by atoms with Crippen molar-refractivity contribution in [2.45, 2.75) is 45.4 Å². The van der Waals surface area contributed by atoms with E-state index < -0.39 is 0 Å². The Balaban J connectivity index is 1.95. The molecule has 1 saturated carbocycles. The van der Waals surface area contributed by atoms with Crippen LogP contribution < -0.4 is 0 Å². The van der Waals surface area contributed by atoms with Crippen LogP contribution >= 0.6 is 0 Å². The second-order valence-electron chi connectivity index (χ2n) is 4.45. The maximum Gasteiger partial charge on any atom is 0.356 e. The summed E-state index contributed by atoms with van der Waals surface area (Å²) in [5.41, 5.74) is 1.71. The Bertz CT molecular complexity index is 325. The zero-order valence-electron chi connectivity index (χ0n) is 9.87. The van der Waals surface area contributed by atoms with Crippen LogP contribution in [-0.4, -0.2) is 18.3 Å². The first-order chi connectivity index (χ1) is 7.81. The van der Waals surface area contributed by atoms with E-state index in [0.717, 1.165) is 6.42 Å². The summed E-state index contributed by atoms with van der Waals surface area (Å²) in [6.07, 6.45) is 9.19. The molecule has 0 unspecified atom stereocenters. The Morgan fingerprint density at radius 1 is 1.44 bits per heavy atom. The number of hydrogen-bond donors (Lipinski definition) is 0. The molecular weight excluding hydrogens is 202 g/mol. The van der Waals surface area contributed by atoms with Crippen molar-refractivity contribution < 1.29 is 9.53 Å². The number of carbonyl (C=O) groups is 1. The molecule has 0 aromatic heterocycles. The number of ether oxygens (including phenoxy) is 1. The second-order valence-corrected chi connectivity index (χ2v) is 4.45. The van der Waals surface area contributed by atoms with Crippen molar-refractivity contribution in [2.75, 3.05) is 6.61 Å². The normalized spacial score (nSPS) is 21.6. The summed E-state index contributed by atoms with van der Waals surface area (Å²) < 4.78 is 4.95. The highest BCUT2D eigenvalue weighted by molar-refractivity contribution is 5.99. The number of hydrogen-bond acceptors (Lipinski definition) is 3. The summed E-state index contributed by atoms with van der Waals surface area (Å²) in [6.45, 7) is 2.24. The van der Waals surface area contributed by atoms with Gasteiger partial charge in [0.25, 0.3) is 0 Å². The number of esters is 1. The van der Waals surface area contributed by atoms with Gasteiger partial charge in [-0.3, -0.25) is 0 Å².